The monoisotopic (exact) mass is 300 g/mol. The number of hydrogen-bond acceptors (Lipinski definition) is 4. The molecule has 8 heteroatoms. The van der Waals surface area contributed by atoms with Gasteiger partial charge in [0.25, 0.3) is 0 Å². The van der Waals surface area contributed by atoms with Crippen LogP contribution in [0.2, 0.25) is 0 Å². The maximum Gasteiger partial charge on any atom is 0.435 e. The van der Waals surface area contributed by atoms with Gasteiger partial charge in [-0.1, -0.05) is 0 Å². The van der Waals surface area contributed by atoms with Gasteiger partial charge in [0.2, 0.25) is 0 Å². The van der Waals surface area contributed by atoms with Crippen molar-refractivity contribution in [2.45, 2.75) is 19.0 Å². The van der Waals surface area contributed by atoms with Gasteiger partial charge >= 0.3 is 6.18 Å². The lowest BCUT2D eigenvalue weighted by Crippen LogP contribution is -2.12. The summed E-state index contributed by atoms with van der Waals surface area (Å²) in [6.45, 7) is 1.75. The zero-order valence-corrected chi connectivity index (χ0v) is 11.2. The van der Waals surface area contributed by atoms with Crippen molar-refractivity contribution in [3.05, 3.63) is 24.2 Å². The Kier molecular flexibility index (Phi) is 3.71. The molecule has 1 fully saturated rings. The molecule has 1 N–H and O–H groups in total. The predicted octanol–water partition coefficient (Wildman–Crippen LogP) is 2.59. The molecule has 0 atom stereocenters. The Hall–Kier alpha value is -1.83. The van der Waals surface area contributed by atoms with E-state index in [0.717, 1.165) is 12.7 Å². The van der Waals surface area contributed by atoms with Crippen LogP contribution < -0.4 is 5.32 Å². The first-order valence-electron chi connectivity index (χ1n) is 6.77. The fraction of sp³-hybridized carbons (Fsp3) is 0.538. The summed E-state index contributed by atoms with van der Waals surface area (Å²) in [5.74, 6) is 1.06. The molecule has 5 nitrogen and oxygen atoms in total. The maximum absolute atomic E-state index is 12.7. The van der Waals surface area contributed by atoms with Crippen molar-refractivity contribution in [2.75, 3.05) is 25.1 Å². The molecule has 1 saturated carbocycles. The molecule has 0 radical (unpaired) electrons. The quantitative estimate of drug-likeness (QED) is 0.833. The topological polar surface area (TPSA) is 51.5 Å². The van der Waals surface area contributed by atoms with Crippen molar-refractivity contribution in [2.24, 2.45) is 5.92 Å². The number of alkyl halides is 3. The van der Waals surface area contributed by atoms with E-state index in [4.69, 9.17) is 4.74 Å². The molecule has 1 aliphatic carbocycles. The highest BCUT2D eigenvalue weighted by Gasteiger charge is 2.34. The summed E-state index contributed by atoms with van der Waals surface area (Å²) < 4.78 is 44.6. The summed E-state index contributed by atoms with van der Waals surface area (Å²) >= 11 is 0. The molecule has 0 spiro atoms. The number of nitrogens with one attached hydrogen (secondary N) is 1. The van der Waals surface area contributed by atoms with E-state index in [-0.39, 0.29) is 0 Å². The van der Waals surface area contributed by atoms with Gasteiger partial charge in [0, 0.05) is 31.6 Å². The minimum absolute atomic E-state index is 0.298. The zero-order chi connectivity index (χ0) is 14.9. The van der Waals surface area contributed by atoms with Crippen LogP contribution in [-0.2, 0) is 10.9 Å². The van der Waals surface area contributed by atoms with Crippen LogP contribution in [0.1, 0.15) is 18.5 Å². The molecular weight excluding hydrogens is 285 g/mol. The highest BCUT2D eigenvalue weighted by molar-refractivity contribution is 5.67. The molecule has 0 bridgehead atoms. The number of rotatable bonds is 6. The first kappa shape index (κ1) is 14.1. The lowest BCUT2D eigenvalue weighted by molar-refractivity contribution is -0.141. The van der Waals surface area contributed by atoms with Gasteiger partial charge in [-0.25, -0.2) is 9.50 Å². The van der Waals surface area contributed by atoms with E-state index in [0.29, 0.717) is 30.4 Å². The summed E-state index contributed by atoms with van der Waals surface area (Å²) in [4.78, 5) is 4.05. The first-order chi connectivity index (χ1) is 10.0. The van der Waals surface area contributed by atoms with Gasteiger partial charge in [-0.05, 0) is 18.8 Å². The Bertz CT molecular complexity index is 621. The summed E-state index contributed by atoms with van der Waals surface area (Å²) in [5.41, 5.74) is -0.629. The normalized spacial score (nSPS) is 15.6. The van der Waals surface area contributed by atoms with E-state index >= 15 is 0 Å². The number of halogens is 3. The second-order valence-corrected chi connectivity index (χ2v) is 5.08. The van der Waals surface area contributed by atoms with Gasteiger partial charge in [0.05, 0.1) is 6.61 Å². The third kappa shape index (κ3) is 3.44. The van der Waals surface area contributed by atoms with E-state index in [1.807, 2.05) is 0 Å². The minimum atomic E-state index is -4.46. The van der Waals surface area contributed by atoms with E-state index in [1.54, 1.807) is 0 Å². The van der Waals surface area contributed by atoms with Crippen LogP contribution in [0.25, 0.3) is 5.52 Å². The summed E-state index contributed by atoms with van der Waals surface area (Å²) in [5, 5.41) is 6.48. The minimum Gasteiger partial charge on any atom is -0.379 e. The average molecular weight is 300 g/mol. The summed E-state index contributed by atoms with van der Waals surface area (Å²) in [6.07, 6.45) is 0.790. The molecule has 1 aliphatic rings. The van der Waals surface area contributed by atoms with E-state index in [2.05, 4.69) is 15.4 Å². The van der Waals surface area contributed by atoms with Gasteiger partial charge in [0.15, 0.2) is 11.5 Å². The average Bonchev–Trinajstić information content (AvgIpc) is 3.13. The van der Waals surface area contributed by atoms with Gasteiger partial charge < -0.3 is 10.1 Å². The van der Waals surface area contributed by atoms with Crippen molar-refractivity contribution >= 4 is 11.3 Å². The van der Waals surface area contributed by atoms with Crippen molar-refractivity contribution in [3.8, 4) is 0 Å². The highest BCUT2D eigenvalue weighted by Crippen LogP contribution is 2.30. The van der Waals surface area contributed by atoms with E-state index in [9.17, 15) is 13.2 Å². The molecule has 21 heavy (non-hydrogen) atoms. The Balaban J connectivity index is 1.64. The number of anilines is 1. The molecule has 0 unspecified atom stereocenters. The molecule has 2 aromatic heterocycles. The third-order valence-electron chi connectivity index (χ3n) is 3.27. The number of hydrogen-bond donors (Lipinski definition) is 1. The SMILES string of the molecule is FC(F)(F)c1cc2c(NCCOCC3CC3)nccn2n1. The number of ether oxygens (including phenoxy) is 1. The zero-order valence-electron chi connectivity index (χ0n) is 11.2. The van der Waals surface area contributed by atoms with Gasteiger partial charge in [-0.2, -0.15) is 18.3 Å². The fourth-order valence-corrected chi connectivity index (χ4v) is 1.97. The van der Waals surface area contributed by atoms with Crippen LogP contribution in [0.4, 0.5) is 19.0 Å². The lowest BCUT2D eigenvalue weighted by Gasteiger charge is -2.07. The number of aromatic nitrogens is 3. The summed E-state index contributed by atoms with van der Waals surface area (Å²) in [7, 11) is 0. The molecule has 0 aliphatic heterocycles. The van der Waals surface area contributed by atoms with Crippen molar-refractivity contribution in [3.63, 3.8) is 0 Å². The van der Waals surface area contributed by atoms with Crippen LogP contribution >= 0.6 is 0 Å². The van der Waals surface area contributed by atoms with E-state index < -0.39 is 11.9 Å². The highest BCUT2D eigenvalue weighted by atomic mass is 19.4. The standard InChI is InChI=1S/C13H15F3N4O/c14-13(15,16)11-7-10-12(17-3-5-20(10)19-11)18-4-6-21-8-9-1-2-9/h3,5,7,9H,1-2,4,6,8H2,(H,17,18). The molecular formula is C13H15F3N4O. The molecule has 0 saturated heterocycles. The van der Waals surface area contributed by atoms with Crippen LogP contribution in [0.3, 0.4) is 0 Å². The van der Waals surface area contributed by atoms with Crippen molar-refractivity contribution in [1.82, 2.24) is 14.6 Å². The van der Waals surface area contributed by atoms with Crippen molar-refractivity contribution < 1.29 is 17.9 Å². The van der Waals surface area contributed by atoms with Gasteiger partial charge in [-0.3, -0.25) is 0 Å². The molecule has 3 rings (SSSR count). The smallest absolute Gasteiger partial charge is 0.379 e. The molecule has 2 aromatic rings. The largest absolute Gasteiger partial charge is 0.435 e. The Morgan fingerprint density at radius 3 is 2.90 bits per heavy atom. The Morgan fingerprint density at radius 2 is 2.19 bits per heavy atom. The third-order valence-corrected chi connectivity index (χ3v) is 3.27. The van der Waals surface area contributed by atoms with Crippen LogP contribution in [-0.4, -0.2) is 34.4 Å². The van der Waals surface area contributed by atoms with Crippen LogP contribution in [0.15, 0.2) is 18.5 Å². The first-order valence-corrected chi connectivity index (χ1v) is 6.77. The van der Waals surface area contributed by atoms with Crippen molar-refractivity contribution in [1.29, 1.82) is 0 Å². The number of nitrogens with zero attached hydrogens (tertiary/aromatic N) is 3. The second-order valence-electron chi connectivity index (χ2n) is 5.08. The Morgan fingerprint density at radius 1 is 1.38 bits per heavy atom. The van der Waals surface area contributed by atoms with Crippen LogP contribution in [0.5, 0.6) is 0 Å². The summed E-state index contributed by atoms with van der Waals surface area (Å²) in [6, 6.07) is 0.986. The van der Waals surface area contributed by atoms with Gasteiger partial charge in [0.1, 0.15) is 5.52 Å². The molecule has 114 valence electrons. The van der Waals surface area contributed by atoms with Crippen LogP contribution in [0, 0.1) is 5.92 Å². The van der Waals surface area contributed by atoms with Gasteiger partial charge in [-0.15, -0.1) is 0 Å². The maximum atomic E-state index is 12.7. The van der Waals surface area contributed by atoms with E-state index in [1.165, 1.54) is 29.8 Å². The molecule has 0 amide bonds. The fourth-order valence-electron chi connectivity index (χ4n) is 1.97. The second kappa shape index (κ2) is 5.51. The number of fused-ring (bicyclic) bond motifs is 1. The Labute approximate surface area is 119 Å². The molecule has 0 aromatic carbocycles. The predicted molar refractivity (Wildman–Crippen MR) is 70.0 cm³/mol. The molecule has 2 heterocycles. The lowest BCUT2D eigenvalue weighted by atomic mass is 10.3.